The minimum atomic E-state index is -1.03. The van der Waals surface area contributed by atoms with Crippen molar-refractivity contribution in [2.24, 2.45) is 0 Å². The summed E-state index contributed by atoms with van der Waals surface area (Å²) in [6, 6.07) is 15.3. The van der Waals surface area contributed by atoms with Gasteiger partial charge in [-0.05, 0) is 29.2 Å². The number of hydrogen-bond donors (Lipinski definition) is 1. The fraction of sp³-hybridized carbons (Fsp3) is 0.364. The number of likely N-dealkylation sites (tertiary alicyclic amines) is 1. The van der Waals surface area contributed by atoms with E-state index in [0.717, 1.165) is 22.3 Å². The number of hydrogen-bond acceptors (Lipinski definition) is 4. The summed E-state index contributed by atoms with van der Waals surface area (Å²) in [5.41, 5.74) is 4.56. The van der Waals surface area contributed by atoms with E-state index in [1.54, 1.807) is 0 Å². The highest BCUT2D eigenvalue weighted by atomic mass is 16.6. The number of carbonyl (C=O) groups excluding carboxylic acids is 1. The first-order chi connectivity index (χ1) is 13.6. The SMILES string of the molecule is CCO[C@H]1C[C@H](C(=O)O)N(C(=O)OCC2c3ccccc3-c3ccccc32)C1. The molecule has 2 aromatic carbocycles. The highest BCUT2D eigenvalue weighted by molar-refractivity contribution is 5.81. The molecule has 1 heterocycles. The lowest BCUT2D eigenvalue weighted by Crippen LogP contribution is -2.41. The second kappa shape index (κ2) is 7.64. The molecule has 6 nitrogen and oxygen atoms in total. The molecule has 0 unspecified atom stereocenters. The Bertz CT molecular complexity index is 851. The normalized spacial score (nSPS) is 20.7. The molecular formula is C22H23NO5. The van der Waals surface area contributed by atoms with Gasteiger partial charge in [-0.25, -0.2) is 9.59 Å². The topological polar surface area (TPSA) is 76.1 Å². The van der Waals surface area contributed by atoms with E-state index in [0.29, 0.717) is 6.61 Å². The maximum absolute atomic E-state index is 12.7. The third-order valence-corrected chi connectivity index (χ3v) is 5.52. The summed E-state index contributed by atoms with van der Waals surface area (Å²) in [5.74, 6) is -1.08. The van der Waals surface area contributed by atoms with Gasteiger partial charge in [-0.15, -0.1) is 0 Å². The largest absolute Gasteiger partial charge is 0.480 e. The Morgan fingerprint density at radius 3 is 2.25 bits per heavy atom. The van der Waals surface area contributed by atoms with Crippen LogP contribution in [0.4, 0.5) is 4.79 Å². The molecule has 0 bridgehead atoms. The van der Waals surface area contributed by atoms with Crippen molar-refractivity contribution in [3.05, 3.63) is 59.7 Å². The molecule has 1 aliphatic carbocycles. The fourth-order valence-corrected chi connectivity index (χ4v) is 4.27. The summed E-state index contributed by atoms with van der Waals surface area (Å²) in [6.07, 6.45) is -0.587. The molecule has 0 spiro atoms. The second-order valence-electron chi connectivity index (χ2n) is 7.12. The van der Waals surface area contributed by atoms with Gasteiger partial charge in [-0.2, -0.15) is 0 Å². The van der Waals surface area contributed by atoms with Gasteiger partial charge in [-0.3, -0.25) is 4.90 Å². The van der Waals surface area contributed by atoms with E-state index in [-0.39, 0.29) is 31.6 Å². The molecule has 0 saturated carbocycles. The van der Waals surface area contributed by atoms with Crippen molar-refractivity contribution in [1.29, 1.82) is 0 Å². The number of benzene rings is 2. The standard InChI is InChI=1S/C22H23NO5/c1-2-27-14-11-20(21(24)25)23(12-14)22(26)28-13-19-17-9-5-3-7-15(17)16-8-4-6-10-18(16)19/h3-10,14,19-20H,2,11-13H2,1H3,(H,24,25)/t14-,20+/m0/s1. The second-order valence-corrected chi connectivity index (χ2v) is 7.12. The Morgan fingerprint density at radius 2 is 1.68 bits per heavy atom. The molecule has 2 aliphatic rings. The Labute approximate surface area is 163 Å². The average molecular weight is 381 g/mol. The van der Waals surface area contributed by atoms with Crippen LogP contribution in [0, 0.1) is 0 Å². The van der Waals surface area contributed by atoms with Crippen LogP contribution in [-0.2, 0) is 14.3 Å². The van der Waals surface area contributed by atoms with Crippen LogP contribution in [0.3, 0.4) is 0 Å². The van der Waals surface area contributed by atoms with Gasteiger partial charge in [-0.1, -0.05) is 48.5 Å². The number of rotatable bonds is 5. The predicted octanol–water partition coefficient (Wildman–Crippen LogP) is 3.50. The van der Waals surface area contributed by atoms with Crippen LogP contribution in [-0.4, -0.2) is 54.0 Å². The predicted molar refractivity (Wildman–Crippen MR) is 103 cm³/mol. The van der Waals surface area contributed by atoms with Crippen molar-refractivity contribution in [3.63, 3.8) is 0 Å². The summed E-state index contributed by atoms with van der Waals surface area (Å²) in [7, 11) is 0. The van der Waals surface area contributed by atoms with Gasteiger partial charge in [0.2, 0.25) is 0 Å². The van der Waals surface area contributed by atoms with E-state index in [4.69, 9.17) is 9.47 Å². The zero-order chi connectivity index (χ0) is 19.7. The van der Waals surface area contributed by atoms with Crippen molar-refractivity contribution < 1.29 is 24.2 Å². The molecule has 146 valence electrons. The highest BCUT2D eigenvalue weighted by Gasteiger charge is 2.41. The fourth-order valence-electron chi connectivity index (χ4n) is 4.27. The number of aliphatic carboxylic acids is 1. The number of carboxylic acids is 1. The van der Waals surface area contributed by atoms with Gasteiger partial charge >= 0.3 is 12.1 Å². The average Bonchev–Trinajstić information content (AvgIpc) is 3.26. The van der Waals surface area contributed by atoms with Gasteiger partial charge in [0.05, 0.1) is 12.6 Å². The Balaban J connectivity index is 1.50. The van der Waals surface area contributed by atoms with Crippen molar-refractivity contribution >= 4 is 12.1 Å². The molecule has 1 amide bonds. The van der Waals surface area contributed by atoms with E-state index >= 15 is 0 Å². The van der Waals surface area contributed by atoms with Crippen LogP contribution in [0.2, 0.25) is 0 Å². The zero-order valence-corrected chi connectivity index (χ0v) is 15.7. The van der Waals surface area contributed by atoms with Gasteiger partial charge in [0.25, 0.3) is 0 Å². The highest BCUT2D eigenvalue weighted by Crippen LogP contribution is 2.44. The molecule has 1 saturated heterocycles. The first-order valence-electron chi connectivity index (χ1n) is 9.56. The van der Waals surface area contributed by atoms with Gasteiger partial charge in [0.15, 0.2) is 0 Å². The van der Waals surface area contributed by atoms with Crippen LogP contribution in [0.5, 0.6) is 0 Å². The summed E-state index contributed by atoms with van der Waals surface area (Å²) >= 11 is 0. The summed E-state index contributed by atoms with van der Waals surface area (Å²) in [5, 5.41) is 9.45. The third-order valence-electron chi connectivity index (χ3n) is 5.52. The molecule has 1 aliphatic heterocycles. The first-order valence-corrected chi connectivity index (χ1v) is 9.56. The Hall–Kier alpha value is -2.86. The summed E-state index contributed by atoms with van der Waals surface area (Å²) < 4.78 is 11.1. The number of fused-ring (bicyclic) bond motifs is 3. The summed E-state index contributed by atoms with van der Waals surface area (Å²) in [6.45, 7) is 2.75. The number of ether oxygens (including phenoxy) is 2. The van der Waals surface area contributed by atoms with Crippen molar-refractivity contribution in [3.8, 4) is 11.1 Å². The molecule has 2 aromatic rings. The number of nitrogens with zero attached hydrogens (tertiary/aromatic N) is 1. The van der Waals surface area contributed by atoms with Crippen molar-refractivity contribution in [2.45, 2.75) is 31.4 Å². The molecule has 0 radical (unpaired) electrons. The molecule has 28 heavy (non-hydrogen) atoms. The lowest BCUT2D eigenvalue weighted by atomic mass is 9.98. The third kappa shape index (κ3) is 3.24. The molecule has 1 fully saturated rings. The number of carboxylic acid groups (broad SMARTS) is 1. The quantitative estimate of drug-likeness (QED) is 0.858. The molecule has 0 aromatic heterocycles. The number of carbonyl (C=O) groups is 2. The Kier molecular flexibility index (Phi) is 5.05. The van der Waals surface area contributed by atoms with Gasteiger partial charge in [0.1, 0.15) is 12.6 Å². The molecule has 1 N–H and O–H groups in total. The molecular weight excluding hydrogens is 358 g/mol. The van der Waals surface area contributed by atoms with E-state index < -0.39 is 18.1 Å². The van der Waals surface area contributed by atoms with Crippen LogP contribution in [0.1, 0.15) is 30.4 Å². The summed E-state index contributed by atoms with van der Waals surface area (Å²) in [4.78, 5) is 25.5. The Morgan fingerprint density at radius 1 is 1.07 bits per heavy atom. The minimum absolute atomic E-state index is 0.0510. The van der Waals surface area contributed by atoms with E-state index in [1.807, 2.05) is 31.2 Å². The lowest BCUT2D eigenvalue weighted by molar-refractivity contribution is -0.141. The van der Waals surface area contributed by atoms with Crippen LogP contribution in [0.15, 0.2) is 48.5 Å². The van der Waals surface area contributed by atoms with Gasteiger partial charge < -0.3 is 14.6 Å². The van der Waals surface area contributed by atoms with Crippen molar-refractivity contribution in [1.82, 2.24) is 4.90 Å². The molecule has 4 rings (SSSR count). The minimum Gasteiger partial charge on any atom is -0.480 e. The lowest BCUT2D eigenvalue weighted by Gasteiger charge is -2.22. The number of amides is 1. The maximum Gasteiger partial charge on any atom is 0.410 e. The molecule has 2 atom stereocenters. The van der Waals surface area contributed by atoms with Gasteiger partial charge in [0, 0.05) is 18.9 Å². The van der Waals surface area contributed by atoms with Crippen LogP contribution in [0.25, 0.3) is 11.1 Å². The smallest absolute Gasteiger partial charge is 0.410 e. The maximum atomic E-state index is 12.7. The first kappa shape index (κ1) is 18.5. The van der Waals surface area contributed by atoms with E-state index in [1.165, 1.54) is 4.90 Å². The van der Waals surface area contributed by atoms with Crippen molar-refractivity contribution in [2.75, 3.05) is 19.8 Å². The molecule has 6 heteroatoms. The van der Waals surface area contributed by atoms with Crippen LogP contribution < -0.4 is 0 Å². The van der Waals surface area contributed by atoms with E-state index in [9.17, 15) is 14.7 Å². The monoisotopic (exact) mass is 381 g/mol. The van der Waals surface area contributed by atoms with E-state index in [2.05, 4.69) is 24.3 Å². The zero-order valence-electron chi connectivity index (χ0n) is 15.7. The van der Waals surface area contributed by atoms with Crippen LogP contribution >= 0.6 is 0 Å².